The largest absolute Gasteiger partial charge is 0.744 e. The lowest BCUT2D eigenvalue weighted by Crippen LogP contribution is -2.04. The fourth-order valence-electron chi connectivity index (χ4n) is 0.875. The Hall–Kier alpha value is -0.670. The van der Waals surface area contributed by atoms with Gasteiger partial charge in [-0.2, -0.15) is 0 Å². The van der Waals surface area contributed by atoms with Gasteiger partial charge in [0, 0.05) is 6.92 Å². The van der Waals surface area contributed by atoms with Crippen LogP contribution >= 0.6 is 22.6 Å². The highest BCUT2D eigenvalue weighted by atomic mass is 127. The molecule has 0 aliphatic rings. The number of rotatable bonds is 2. The zero-order valence-corrected chi connectivity index (χ0v) is 10.5. The van der Waals surface area contributed by atoms with Crippen LogP contribution in [0.5, 0.6) is 5.75 Å². The number of hydrogen-bond donors (Lipinski definition) is 0. The zero-order chi connectivity index (χ0) is 11.6. The van der Waals surface area contributed by atoms with Gasteiger partial charge in [-0.3, -0.25) is 4.79 Å². The Bertz CT molecular complexity index is 494. The minimum Gasteiger partial charge on any atom is -0.744 e. The van der Waals surface area contributed by atoms with Crippen molar-refractivity contribution in [3.05, 3.63) is 21.8 Å². The maximum absolute atomic E-state index is 10.7. The molecule has 0 unspecified atom stereocenters. The molecule has 0 heterocycles. The summed E-state index contributed by atoms with van der Waals surface area (Å²) in [5, 5.41) is 0. The molecule has 1 aromatic rings. The highest BCUT2D eigenvalue weighted by Gasteiger charge is 2.08. The van der Waals surface area contributed by atoms with E-state index in [2.05, 4.69) is 0 Å². The van der Waals surface area contributed by atoms with E-state index in [9.17, 15) is 17.8 Å². The standard InChI is InChI=1S/C8H7IO5S/c1-5(10)14-8-3-2-6(4-7(8)9)15(11,12)13/h2-4H,1H3,(H,11,12,13)/p-1. The van der Waals surface area contributed by atoms with E-state index in [0.717, 1.165) is 12.1 Å². The second-order valence-corrected chi connectivity index (χ2v) is 5.18. The van der Waals surface area contributed by atoms with Gasteiger partial charge in [-0.05, 0) is 40.8 Å². The Morgan fingerprint density at radius 2 is 2.07 bits per heavy atom. The molecule has 0 saturated heterocycles. The minimum atomic E-state index is -4.47. The van der Waals surface area contributed by atoms with E-state index in [1.165, 1.54) is 13.0 Å². The predicted octanol–water partition coefficient (Wildman–Crippen LogP) is 1.12. The summed E-state index contributed by atoms with van der Waals surface area (Å²) in [5.41, 5.74) is 0. The summed E-state index contributed by atoms with van der Waals surface area (Å²) in [5.74, 6) is -0.277. The predicted molar refractivity (Wildman–Crippen MR) is 58.4 cm³/mol. The minimum absolute atomic E-state index is 0.232. The Labute approximate surface area is 100 Å². The van der Waals surface area contributed by atoms with Gasteiger partial charge in [-0.1, -0.05) is 0 Å². The van der Waals surface area contributed by atoms with Gasteiger partial charge < -0.3 is 9.29 Å². The number of carbonyl (C=O) groups is 1. The maximum atomic E-state index is 10.7. The molecule has 7 heteroatoms. The van der Waals surface area contributed by atoms with Gasteiger partial charge >= 0.3 is 5.97 Å². The van der Waals surface area contributed by atoms with Crippen LogP contribution in [0.2, 0.25) is 0 Å². The van der Waals surface area contributed by atoms with Gasteiger partial charge in [0.25, 0.3) is 0 Å². The molecule has 0 N–H and O–H groups in total. The molecule has 0 amide bonds. The van der Waals surface area contributed by atoms with E-state index in [1.807, 2.05) is 0 Å². The summed E-state index contributed by atoms with van der Waals surface area (Å²) < 4.78 is 37.1. The van der Waals surface area contributed by atoms with Gasteiger partial charge in [0.2, 0.25) is 0 Å². The molecule has 0 aliphatic heterocycles. The van der Waals surface area contributed by atoms with Crippen LogP contribution in [-0.2, 0) is 14.9 Å². The third-order valence-corrected chi connectivity index (χ3v) is 3.12. The maximum Gasteiger partial charge on any atom is 0.308 e. The summed E-state index contributed by atoms with van der Waals surface area (Å²) in [6.07, 6.45) is 0. The first kappa shape index (κ1) is 12.4. The molecule has 0 saturated carbocycles. The van der Waals surface area contributed by atoms with Crippen molar-refractivity contribution in [1.82, 2.24) is 0 Å². The number of carbonyl (C=O) groups excluding carboxylic acids is 1. The Morgan fingerprint density at radius 1 is 1.47 bits per heavy atom. The zero-order valence-electron chi connectivity index (χ0n) is 7.56. The van der Waals surface area contributed by atoms with Crippen molar-refractivity contribution in [2.45, 2.75) is 11.8 Å². The van der Waals surface area contributed by atoms with Crippen LogP contribution in [-0.4, -0.2) is 18.9 Å². The Kier molecular flexibility index (Phi) is 3.68. The summed E-state index contributed by atoms with van der Waals surface area (Å²) >= 11 is 1.78. The molecule has 0 spiro atoms. The van der Waals surface area contributed by atoms with Gasteiger partial charge in [-0.15, -0.1) is 0 Å². The molecule has 0 radical (unpaired) electrons. The first-order valence-corrected chi connectivity index (χ1v) is 6.23. The van der Waals surface area contributed by atoms with Gasteiger partial charge in [0.15, 0.2) is 0 Å². The van der Waals surface area contributed by atoms with Crippen molar-refractivity contribution in [2.75, 3.05) is 0 Å². The quantitative estimate of drug-likeness (QED) is 0.348. The molecule has 5 nitrogen and oxygen atoms in total. The second-order valence-electron chi connectivity index (χ2n) is 2.64. The third-order valence-electron chi connectivity index (χ3n) is 1.45. The topological polar surface area (TPSA) is 83.5 Å². The highest BCUT2D eigenvalue weighted by molar-refractivity contribution is 14.1. The average Bonchev–Trinajstić information content (AvgIpc) is 2.05. The summed E-state index contributed by atoms with van der Waals surface area (Å²) in [6.45, 7) is 1.23. The fraction of sp³-hybridized carbons (Fsp3) is 0.125. The number of esters is 1. The molecule has 0 aliphatic carbocycles. The van der Waals surface area contributed by atoms with E-state index in [-0.39, 0.29) is 10.6 Å². The first-order valence-electron chi connectivity index (χ1n) is 3.74. The second kappa shape index (κ2) is 4.45. The van der Waals surface area contributed by atoms with E-state index in [1.54, 1.807) is 22.6 Å². The number of benzene rings is 1. The van der Waals surface area contributed by atoms with Crippen molar-refractivity contribution in [3.63, 3.8) is 0 Å². The molecule has 1 rings (SSSR count). The fourth-order valence-corrected chi connectivity index (χ4v) is 2.21. The van der Waals surface area contributed by atoms with E-state index < -0.39 is 16.1 Å². The Balaban J connectivity index is 3.15. The van der Waals surface area contributed by atoms with Crippen molar-refractivity contribution >= 4 is 38.7 Å². The van der Waals surface area contributed by atoms with Gasteiger partial charge in [0.05, 0.1) is 8.47 Å². The van der Waals surface area contributed by atoms with Crippen molar-refractivity contribution in [3.8, 4) is 5.75 Å². The molecular formula is C8H6IO5S-. The molecule has 0 bridgehead atoms. The molecule has 0 aromatic heterocycles. The smallest absolute Gasteiger partial charge is 0.308 e. The van der Waals surface area contributed by atoms with Crippen LogP contribution in [0.15, 0.2) is 23.1 Å². The van der Waals surface area contributed by atoms with E-state index in [4.69, 9.17) is 4.74 Å². The van der Waals surface area contributed by atoms with Crippen molar-refractivity contribution in [1.29, 1.82) is 0 Å². The summed E-state index contributed by atoms with van der Waals surface area (Å²) in [6, 6.07) is 3.53. The lowest BCUT2D eigenvalue weighted by Gasteiger charge is -2.09. The monoisotopic (exact) mass is 341 g/mol. The molecular weight excluding hydrogens is 335 g/mol. The highest BCUT2D eigenvalue weighted by Crippen LogP contribution is 2.24. The van der Waals surface area contributed by atoms with Crippen molar-refractivity contribution in [2.24, 2.45) is 0 Å². The average molecular weight is 341 g/mol. The number of ether oxygens (including phenoxy) is 1. The van der Waals surface area contributed by atoms with E-state index in [0.29, 0.717) is 3.57 Å². The van der Waals surface area contributed by atoms with Crippen LogP contribution in [0.1, 0.15) is 6.92 Å². The van der Waals surface area contributed by atoms with Crippen molar-refractivity contribution < 1.29 is 22.5 Å². The lowest BCUT2D eigenvalue weighted by atomic mass is 10.3. The van der Waals surface area contributed by atoms with Crippen LogP contribution in [0.25, 0.3) is 0 Å². The Morgan fingerprint density at radius 3 is 2.47 bits per heavy atom. The lowest BCUT2D eigenvalue weighted by molar-refractivity contribution is -0.131. The van der Waals surface area contributed by atoms with Crippen LogP contribution < -0.4 is 4.74 Å². The van der Waals surface area contributed by atoms with Crippen LogP contribution in [0.3, 0.4) is 0 Å². The van der Waals surface area contributed by atoms with Crippen LogP contribution in [0, 0.1) is 3.57 Å². The summed E-state index contributed by atoms with van der Waals surface area (Å²) in [4.78, 5) is 10.3. The number of halogens is 1. The summed E-state index contributed by atoms with van der Waals surface area (Å²) in [7, 11) is -4.47. The van der Waals surface area contributed by atoms with Gasteiger partial charge in [-0.25, -0.2) is 8.42 Å². The molecule has 15 heavy (non-hydrogen) atoms. The number of hydrogen-bond acceptors (Lipinski definition) is 5. The van der Waals surface area contributed by atoms with Gasteiger partial charge in [0.1, 0.15) is 15.9 Å². The van der Waals surface area contributed by atoms with Crippen LogP contribution in [0.4, 0.5) is 0 Å². The SMILES string of the molecule is CC(=O)Oc1ccc(S(=O)(=O)[O-])cc1I. The molecule has 1 aromatic carbocycles. The molecule has 0 atom stereocenters. The third kappa shape index (κ3) is 3.43. The molecule has 82 valence electrons. The normalized spacial score (nSPS) is 11.1. The molecule has 0 fully saturated rings. The first-order chi connectivity index (χ1) is 6.80. The van der Waals surface area contributed by atoms with E-state index >= 15 is 0 Å².